The van der Waals surface area contributed by atoms with Crippen LogP contribution < -0.4 is 5.73 Å². The average molecular weight is 309 g/mol. The predicted molar refractivity (Wildman–Crippen MR) is 89.4 cm³/mol. The third-order valence-corrected chi connectivity index (χ3v) is 3.94. The molecule has 3 N–H and O–H groups in total. The summed E-state index contributed by atoms with van der Waals surface area (Å²) in [4.78, 5) is 19.6. The lowest BCUT2D eigenvalue weighted by Crippen LogP contribution is -2.11. The Kier molecular flexibility index (Phi) is 4.39. The maximum atomic E-state index is 11.6. The first kappa shape index (κ1) is 15.2. The lowest BCUT2D eigenvalue weighted by atomic mass is 9.95. The van der Waals surface area contributed by atoms with Crippen molar-refractivity contribution in [1.82, 2.24) is 9.97 Å². The minimum absolute atomic E-state index is 0.0734. The molecule has 5 nitrogen and oxygen atoms in total. The maximum absolute atomic E-state index is 11.6. The summed E-state index contributed by atoms with van der Waals surface area (Å²) in [7, 11) is 1.69. The summed E-state index contributed by atoms with van der Waals surface area (Å²) in [6.45, 7) is 0.624. The van der Waals surface area contributed by atoms with Gasteiger partial charge in [-0.1, -0.05) is 36.4 Å². The number of nitrogens with one attached hydrogen (secondary N) is 1. The highest BCUT2D eigenvalue weighted by atomic mass is 16.5. The Morgan fingerprint density at radius 2 is 2.00 bits per heavy atom. The third kappa shape index (κ3) is 3.10. The standard InChI is InChI=1S/C18H19N3O2/c1-23-11-10-13(12-6-3-2-4-7-12)18-20-15-9-5-8-14(17(19)22)16(15)21-18/h2-9,13H,10-11H2,1H3,(H2,19,22)(H,20,21). The molecule has 1 heterocycles. The number of H-pyrrole nitrogens is 1. The monoisotopic (exact) mass is 309 g/mol. The lowest BCUT2D eigenvalue weighted by Gasteiger charge is -2.14. The number of para-hydroxylation sites is 1. The molecule has 0 bridgehead atoms. The van der Waals surface area contributed by atoms with Crippen molar-refractivity contribution in [2.24, 2.45) is 5.73 Å². The van der Waals surface area contributed by atoms with Crippen LogP contribution in [0.25, 0.3) is 11.0 Å². The first-order valence-corrected chi connectivity index (χ1v) is 7.53. The molecule has 1 amide bonds. The van der Waals surface area contributed by atoms with E-state index in [1.54, 1.807) is 19.2 Å². The van der Waals surface area contributed by atoms with Gasteiger partial charge in [-0.3, -0.25) is 4.79 Å². The fourth-order valence-corrected chi connectivity index (χ4v) is 2.80. The number of aromatic amines is 1. The maximum Gasteiger partial charge on any atom is 0.250 e. The van der Waals surface area contributed by atoms with E-state index in [2.05, 4.69) is 22.1 Å². The fourth-order valence-electron chi connectivity index (χ4n) is 2.80. The molecular weight excluding hydrogens is 290 g/mol. The summed E-state index contributed by atoms with van der Waals surface area (Å²) in [6, 6.07) is 15.5. The molecule has 0 aliphatic rings. The second kappa shape index (κ2) is 6.62. The lowest BCUT2D eigenvalue weighted by molar-refractivity contribution is 0.100. The van der Waals surface area contributed by atoms with Crippen molar-refractivity contribution in [2.45, 2.75) is 12.3 Å². The Bertz CT molecular complexity index is 812. The van der Waals surface area contributed by atoms with Crippen LogP contribution in [0.4, 0.5) is 0 Å². The van der Waals surface area contributed by atoms with Crippen LogP contribution in [0, 0.1) is 0 Å². The fraction of sp³-hybridized carbons (Fsp3) is 0.222. The summed E-state index contributed by atoms with van der Waals surface area (Å²) >= 11 is 0. The highest BCUT2D eigenvalue weighted by Crippen LogP contribution is 2.28. The van der Waals surface area contributed by atoms with E-state index in [-0.39, 0.29) is 5.92 Å². The molecular formula is C18H19N3O2. The minimum Gasteiger partial charge on any atom is -0.385 e. The summed E-state index contributed by atoms with van der Waals surface area (Å²) in [5.41, 5.74) is 8.47. The number of ether oxygens (including phenoxy) is 1. The SMILES string of the molecule is COCCC(c1ccccc1)c1nc2c(C(N)=O)cccc2[nH]1. The molecule has 0 aliphatic carbocycles. The van der Waals surface area contributed by atoms with Crippen LogP contribution in [-0.4, -0.2) is 29.6 Å². The number of carbonyl (C=O) groups is 1. The number of carbonyl (C=O) groups excluding carboxylic acids is 1. The molecule has 0 saturated heterocycles. The van der Waals surface area contributed by atoms with Crippen LogP contribution in [0.3, 0.4) is 0 Å². The normalized spacial score (nSPS) is 12.4. The van der Waals surface area contributed by atoms with E-state index in [1.165, 1.54) is 0 Å². The van der Waals surface area contributed by atoms with Crippen molar-refractivity contribution in [3.63, 3.8) is 0 Å². The molecule has 0 fully saturated rings. The first-order valence-electron chi connectivity index (χ1n) is 7.53. The molecule has 5 heteroatoms. The summed E-state index contributed by atoms with van der Waals surface area (Å²) in [6.07, 6.45) is 0.798. The van der Waals surface area contributed by atoms with Crippen LogP contribution in [0.2, 0.25) is 0 Å². The summed E-state index contributed by atoms with van der Waals surface area (Å²) in [5, 5.41) is 0. The number of rotatable bonds is 6. The van der Waals surface area contributed by atoms with Gasteiger partial charge in [0.1, 0.15) is 11.3 Å². The minimum atomic E-state index is -0.471. The number of hydrogen-bond acceptors (Lipinski definition) is 3. The number of methoxy groups -OCH3 is 1. The summed E-state index contributed by atoms with van der Waals surface area (Å²) < 4.78 is 5.24. The molecule has 0 spiro atoms. The van der Waals surface area contributed by atoms with E-state index in [1.807, 2.05) is 24.3 Å². The van der Waals surface area contributed by atoms with Crippen molar-refractivity contribution in [2.75, 3.05) is 13.7 Å². The van der Waals surface area contributed by atoms with E-state index in [0.29, 0.717) is 17.7 Å². The van der Waals surface area contributed by atoms with Crippen LogP contribution >= 0.6 is 0 Å². The molecule has 1 atom stereocenters. The number of primary amides is 1. The van der Waals surface area contributed by atoms with Crippen LogP contribution in [-0.2, 0) is 4.74 Å². The van der Waals surface area contributed by atoms with E-state index in [4.69, 9.17) is 10.5 Å². The van der Waals surface area contributed by atoms with Gasteiger partial charge in [0, 0.05) is 19.6 Å². The Morgan fingerprint density at radius 1 is 1.22 bits per heavy atom. The number of hydrogen-bond donors (Lipinski definition) is 2. The van der Waals surface area contributed by atoms with Crippen LogP contribution in [0.15, 0.2) is 48.5 Å². The topological polar surface area (TPSA) is 81.0 Å². The number of benzene rings is 2. The van der Waals surface area contributed by atoms with Gasteiger partial charge in [-0.2, -0.15) is 0 Å². The zero-order valence-electron chi connectivity index (χ0n) is 13.0. The molecule has 0 aliphatic heterocycles. The Morgan fingerprint density at radius 3 is 2.70 bits per heavy atom. The molecule has 23 heavy (non-hydrogen) atoms. The second-order valence-electron chi connectivity index (χ2n) is 5.43. The highest BCUT2D eigenvalue weighted by molar-refractivity contribution is 6.04. The number of nitrogens with two attached hydrogens (primary N) is 1. The molecule has 3 aromatic rings. The van der Waals surface area contributed by atoms with E-state index >= 15 is 0 Å². The molecule has 1 unspecified atom stereocenters. The predicted octanol–water partition coefficient (Wildman–Crippen LogP) is 2.83. The Labute approximate surface area is 134 Å². The summed E-state index contributed by atoms with van der Waals surface area (Å²) in [5.74, 6) is 0.419. The van der Waals surface area contributed by atoms with Gasteiger partial charge in [0.05, 0.1) is 11.1 Å². The van der Waals surface area contributed by atoms with Gasteiger partial charge < -0.3 is 15.5 Å². The Hall–Kier alpha value is -2.66. The van der Waals surface area contributed by atoms with Crippen molar-refractivity contribution >= 4 is 16.9 Å². The molecule has 118 valence electrons. The first-order chi connectivity index (χ1) is 11.2. The van der Waals surface area contributed by atoms with Crippen LogP contribution in [0.1, 0.15) is 34.1 Å². The smallest absolute Gasteiger partial charge is 0.250 e. The van der Waals surface area contributed by atoms with Gasteiger partial charge >= 0.3 is 0 Å². The van der Waals surface area contributed by atoms with Crippen molar-refractivity contribution < 1.29 is 9.53 Å². The zero-order valence-corrected chi connectivity index (χ0v) is 13.0. The number of imidazole rings is 1. The van der Waals surface area contributed by atoms with Gasteiger partial charge in [0.25, 0.3) is 5.91 Å². The highest BCUT2D eigenvalue weighted by Gasteiger charge is 2.19. The van der Waals surface area contributed by atoms with Gasteiger partial charge in [0.2, 0.25) is 0 Å². The number of fused-ring (bicyclic) bond motifs is 1. The molecule has 0 saturated carbocycles. The van der Waals surface area contributed by atoms with Gasteiger partial charge in [-0.25, -0.2) is 4.98 Å². The van der Waals surface area contributed by atoms with E-state index in [0.717, 1.165) is 23.3 Å². The van der Waals surface area contributed by atoms with Gasteiger partial charge in [0.15, 0.2) is 0 Å². The number of nitrogens with zero attached hydrogens (tertiary/aromatic N) is 1. The quantitative estimate of drug-likeness (QED) is 0.734. The van der Waals surface area contributed by atoms with Gasteiger partial charge in [-0.05, 0) is 24.1 Å². The molecule has 1 aromatic heterocycles. The largest absolute Gasteiger partial charge is 0.385 e. The van der Waals surface area contributed by atoms with E-state index in [9.17, 15) is 4.79 Å². The van der Waals surface area contributed by atoms with Crippen molar-refractivity contribution in [1.29, 1.82) is 0 Å². The molecule has 0 radical (unpaired) electrons. The number of aromatic nitrogens is 2. The zero-order chi connectivity index (χ0) is 16.2. The van der Waals surface area contributed by atoms with Crippen molar-refractivity contribution in [3.05, 3.63) is 65.5 Å². The average Bonchev–Trinajstić information content (AvgIpc) is 2.99. The molecule has 3 rings (SSSR count). The van der Waals surface area contributed by atoms with Crippen LogP contribution in [0.5, 0.6) is 0 Å². The number of amides is 1. The van der Waals surface area contributed by atoms with Crippen molar-refractivity contribution in [3.8, 4) is 0 Å². The third-order valence-electron chi connectivity index (χ3n) is 3.94. The van der Waals surface area contributed by atoms with E-state index < -0.39 is 5.91 Å². The van der Waals surface area contributed by atoms with Gasteiger partial charge in [-0.15, -0.1) is 0 Å². The Balaban J connectivity index is 2.07. The molecule has 2 aromatic carbocycles. The second-order valence-corrected chi connectivity index (χ2v) is 5.43.